The van der Waals surface area contributed by atoms with Crippen LogP contribution < -0.4 is 0 Å². The van der Waals surface area contributed by atoms with E-state index in [1.807, 2.05) is 12.1 Å². The first kappa shape index (κ1) is 25.0. The molecule has 4 bridgehead atoms. The second-order valence-corrected chi connectivity index (χ2v) is 13.7. The van der Waals surface area contributed by atoms with Crippen LogP contribution in [0.15, 0.2) is 36.4 Å². The summed E-state index contributed by atoms with van der Waals surface area (Å²) in [4.78, 5) is 5.17. The van der Waals surface area contributed by atoms with Gasteiger partial charge in [0.2, 0.25) is 0 Å². The van der Waals surface area contributed by atoms with Crippen LogP contribution in [0, 0.1) is 11.8 Å². The summed E-state index contributed by atoms with van der Waals surface area (Å²) in [5.41, 5.74) is 6.71. The SMILES string of the molecule is CN1CC[C@@]23CCCC[C@@H]2[C@@H]1Cc1ccc(O)cc13.CN1CC[C@]23CCCC[C@H]2[C@H]1Cc1ccc(O)cc13. The van der Waals surface area contributed by atoms with Crippen LogP contribution in [0.5, 0.6) is 11.5 Å². The lowest BCUT2D eigenvalue weighted by Gasteiger charge is -2.58. The molecule has 4 heteroatoms. The molecule has 0 amide bonds. The van der Waals surface area contributed by atoms with Gasteiger partial charge in [0.25, 0.3) is 0 Å². The predicted molar refractivity (Wildman–Crippen MR) is 153 cm³/mol. The zero-order chi connectivity index (χ0) is 26.1. The van der Waals surface area contributed by atoms with Gasteiger partial charge in [-0.3, -0.25) is 0 Å². The number of hydrogen-bond donors (Lipinski definition) is 2. The molecule has 0 aromatic heterocycles. The first-order valence-electron chi connectivity index (χ1n) is 15.5. The summed E-state index contributed by atoms with van der Waals surface area (Å²) in [5.74, 6) is 2.54. The molecule has 0 unspecified atom stereocenters. The van der Waals surface area contributed by atoms with E-state index in [2.05, 4.69) is 48.2 Å². The fourth-order valence-corrected chi connectivity index (χ4v) is 10.4. The fourth-order valence-electron chi connectivity index (χ4n) is 10.4. The molecule has 6 atom stereocenters. The lowest BCUT2D eigenvalue weighted by Crippen LogP contribution is -2.59. The Morgan fingerprint density at radius 1 is 0.632 bits per heavy atom. The molecule has 4 fully saturated rings. The first-order valence-corrected chi connectivity index (χ1v) is 15.5. The maximum Gasteiger partial charge on any atom is 0.115 e. The molecule has 2 heterocycles. The number of piperidine rings is 2. The van der Waals surface area contributed by atoms with Gasteiger partial charge in [-0.1, -0.05) is 37.8 Å². The monoisotopic (exact) mass is 514 g/mol. The number of rotatable bonds is 0. The average molecular weight is 515 g/mol. The van der Waals surface area contributed by atoms with E-state index in [1.54, 1.807) is 0 Å². The van der Waals surface area contributed by atoms with E-state index in [4.69, 9.17) is 0 Å². The molecule has 6 aliphatic rings. The summed E-state index contributed by atoms with van der Waals surface area (Å²) in [6.45, 7) is 2.44. The van der Waals surface area contributed by atoms with Crippen molar-refractivity contribution in [2.24, 2.45) is 11.8 Å². The Labute approximate surface area is 229 Å². The molecule has 2 aromatic carbocycles. The average Bonchev–Trinajstić information content (AvgIpc) is 2.94. The third-order valence-corrected chi connectivity index (χ3v) is 12.2. The minimum absolute atomic E-state index is 0.377. The van der Waals surface area contributed by atoms with Crippen LogP contribution in [-0.4, -0.2) is 59.3 Å². The van der Waals surface area contributed by atoms with E-state index in [1.165, 1.54) is 112 Å². The number of likely N-dealkylation sites (N-methyl/N-ethyl adjacent to an activating group) is 2. The van der Waals surface area contributed by atoms with Gasteiger partial charge in [0, 0.05) is 22.9 Å². The van der Waals surface area contributed by atoms with E-state index in [-0.39, 0.29) is 0 Å². The van der Waals surface area contributed by atoms with Gasteiger partial charge in [-0.25, -0.2) is 0 Å². The van der Waals surface area contributed by atoms with Crippen molar-refractivity contribution in [3.8, 4) is 11.5 Å². The molecule has 4 nitrogen and oxygen atoms in total. The van der Waals surface area contributed by atoms with Gasteiger partial charge in [0.05, 0.1) is 0 Å². The van der Waals surface area contributed by atoms with Crippen LogP contribution in [0.3, 0.4) is 0 Å². The number of fused-ring (bicyclic) bond motifs is 2. The molecule has 2 aromatic rings. The lowest BCUT2D eigenvalue weighted by atomic mass is 9.52. The number of nitrogens with zero attached hydrogens (tertiary/aromatic N) is 2. The molecule has 2 saturated heterocycles. The quantitative estimate of drug-likeness (QED) is 0.442. The number of benzene rings is 2. The van der Waals surface area contributed by atoms with E-state index in [0.29, 0.717) is 22.3 Å². The highest BCUT2D eigenvalue weighted by molar-refractivity contribution is 5.46. The highest BCUT2D eigenvalue weighted by atomic mass is 16.3. The third kappa shape index (κ3) is 3.69. The standard InChI is InChI=1S/2C17H23NO/c2*1-18-9-8-17-7-3-2-4-14(17)16(18)10-12-5-6-13(19)11-15(12)17/h2*5-6,11,14,16,19H,2-4,7-10H2,1H3/t2*14-,16+,17+/m10/s1. The second kappa shape index (κ2) is 9.27. The zero-order valence-corrected chi connectivity index (χ0v) is 23.5. The summed E-state index contributed by atoms with van der Waals surface area (Å²) in [5, 5.41) is 19.8. The molecular formula is C34H46N2O2. The fraction of sp³-hybridized carbons (Fsp3) is 0.647. The number of hydrogen-bond acceptors (Lipinski definition) is 4. The summed E-state index contributed by atoms with van der Waals surface area (Å²) >= 11 is 0. The molecule has 8 rings (SSSR count). The molecule has 38 heavy (non-hydrogen) atoms. The number of phenolic OH excluding ortho intramolecular Hbond substituents is 2. The van der Waals surface area contributed by atoms with Crippen molar-refractivity contribution in [1.29, 1.82) is 0 Å². The molecule has 204 valence electrons. The van der Waals surface area contributed by atoms with Crippen LogP contribution >= 0.6 is 0 Å². The smallest absolute Gasteiger partial charge is 0.115 e. The van der Waals surface area contributed by atoms with Crippen molar-refractivity contribution in [2.75, 3.05) is 27.2 Å². The van der Waals surface area contributed by atoms with Crippen molar-refractivity contribution < 1.29 is 10.2 Å². The number of likely N-dealkylation sites (tertiary alicyclic amines) is 2. The largest absolute Gasteiger partial charge is 0.508 e. The Bertz CT molecular complexity index is 1120. The van der Waals surface area contributed by atoms with Crippen molar-refractivity contribution in [3.63, 3.8) is 0 Å². The first-order chi connectivity index (χ1) is 18.4. The molecule has 2 aliphatic heterocycles. The van der Waals surface area contributed by atoms with Crippen molar-refractivity contribution >= 4 is 0 Å². The molecule has 2 saturated carbocycles. The van der Waals surface area contributed by atoms with Crippen molar-refractivity contribution in [2.45, 2.75) is 100.0 Å². The Kier molecular flexibility index (Phi) is 6.09. The summed E-state index contributed by atoms with van der Waals surface area (Å²) in [6.07, 6.45) is 15.9. The van der Waals surface area contributed by atoms with E-state index >= 15 is 0 Å². The maximum atomic E-state index is 9.91. The van der Waals surface area contributed by atoms with Gasteiger partial charge in [-0.2, -0.15) is 0 Å². The molecule has 2 N–H and O–H groups in total. The van der Waals surface area contributed by atoms with Crippen LogP contribution in [-0.2, 0) is 23.7 Å². The molecule has 0 radical (unpaired) electrons. The zero-order valence-electron chi connectivity index (χ0n) is 23.5. The second-order valence-electron chi connectivity index (χ2n) is 13.7. The Morgan fingerprint density at radius 2 is 1.08 bits per heavy atom. The normalized spacial score (nSPS) is 37.5. The minimum Gasteiger partial charge on any atom is -0.508 e. The predicted octanol–water partition coefficient (Wildman–Crippen LogP) is 6.16. The van der Waals surface area contributed by atoms with E-state index in [9.17, 15) is 10.2 Å². The van der Waals surface area contributed by atoms with Crippen LogP contribution in [0.25, 0.3) is 0 Å². The highest BCUT2D eigenvalue weighted by Gasteiger charge is 2.54. The number of phenols is 2. The van der Waals surface area contributed by atoms with Gasteiger partial charge >= 0.3 is 0 Å². The molecule has 0 spiro atoms. The molecular weight excluding hydrogens is 468 g/mol. The lowest BCUT2D eigenvalue weighted by molar-refractivity contribution is 0.00272. The van der Waals surface area contributed by atoms with Gasteiger partial charge in [0.1, 0.15) is 11.5 Å². The summed E-state index contributed by atoms with van der Waals surface area (Å²) in [6, 6.07) is 13.7. The minimum atomic E-state index is 0.377. The van der Waals surface area contributed by atoms with Crippen LogP contribution in [0.2, 0.25) is 0 Å². The van der Waals surface area contributed by atoms with Gasteiger partial charge in [-0.05, 0) is 137 Å². The van der Waals surface area contributed by atoms with E-state index < -0.39 is 0 Å². The molecule has 4 aliphatic carbocycles. The van der Waals surface area contributed by atoms with Crippen molar-refractivity contribution in [3.05, 3.63) is 58.7 Å². The maximum absolute atomic E-state index is 9.91. The Hall–Kier alpha value is -2.04. The van der Waals surface area contributed by atoms with Gasteiger partial charge in [-0.15, -0.1) is 0 Å². The summed E-state index contributed by atoms with van der Waals surface area (Å²) < 4.78 is 0. The van der Waals surface area contributed by atoms with Crippen LogP contribution in [0.4, 0.5) is 0 Å². The van der Waals surface area contributed by atoms with Crippen molar-refractivity contribution in [1.82, 2.24) is 9.80 Å². The Morgan fingerprint density at radius 3 is 1.53 bits per heavy atom. The van der Waals surface area contributed by atoms with E-state index in [0.717, 1.165) is 23.9 Å². The summed E-state index contributed by atoms with van der Waals surface area (Å²) in [7, 11) is 4.60. The van der Waals surface area contributed by atoms with Gasteiger partial charge < -0.3 is 20.0 Å². The highest BCUT2D eigenvalue weighted by Crippen LogP contribution is 2.57. The third-order valence-electron chi connectivity index (χ3n) is 12.2. The Balaban J connectivity index is 0.000000127. The van der Waals surface area contributed by atoms with Crippen LogP contribution in [0.1, 0.15) is 86.5 Å². The van der Waals surface area contributed by atoms with Gasteiger partial charge in [0.15, 0.2) is 0 Å². The topological polar surface area (TPSA) is 46.9 Å². The number of aromatic hydroxyl groups is 2.